The van der Waals surface area contributed by atoms with Crippen LogP contribution in [0.5, 0.6) is 0 Å². The first kappa shape index (κ1) is 13.3. The Kier molecular flexibility index (Phi) is 3.34. The van der Waals surface area contributed by atoms with Crippen molar-refractivity contribution in [2.24, 2.45) is 5.92 Å². The van der Waals surface area contributed by atoms with E-state index in [1.165, 1.54) is 28.9 Å². The number of benzene rings is 1. The third-order valence-electron chi connectivity index (χ3n) is 4.29. The van der Waals surface area contributed by atoms with Gasteiger partial charge in [0.2, 0.25) is 11.8 Å². The molecule has 4 heteroatoms. The Morgan fingerprint density at radius 2 is 1.85 bits per heavy atom. The first-order valence-corrected chi connectivity index (χ1v) is 7.19. The SMILES string of the molecule is Cc1ccc(C(NC2CC(=O)N(C)C2=O)C2CC2)cc1. The van der Waals surface area contributed by atoms with E-state index in [1.807, 2.05) is 0 Å². The van der Waals surface area contributed by atoms with Crippen LogP contribution in [0.15, 0.2) is 24.3 Å². The molecule has 3 rings (SSSR count). The van der Waals surface area contributed by atoms with Gasteiger partial charge in [0.15, 0.2) is 0 Å². The lowest BCUT2D eigenvalue weighted by Gasteiger charge is -2.22. The summed E-state index contributed by atoms with van der Waals surface area (Å²) in [4.78, 5) is 24.9. The monoisotopic (exact) mass is 272 g/mol. The average molecular weight is 272 g/mol. The zero-order chi connectivity index (χ0) is 14.3. The zero-order valence-electron chi connectivity index (χ0n) is 11.9. The van der Waals surface area contributed by atoms with E-state index in [0.717, 1.165) is 0 Å². The summed E-state index contributed by atoms with van der Waals surface area (Å²) in [6.45, 7) is 2.07. The van der Waals surface area contributed by atoms with E-state index in [2.05, 4.69) is 36.5 Å². The van der Waals surface area contributed by atoms with Crippen LogP contribution in [0, 0.1) is 12.8 Å². The molecule has 106 valence electrons. The minimum atomic E-state index is -0.362. The molecule has 1 aliphatic heterocycles. The van der Waals surface area contributed by atoms with Crippen molar-refractivity contribution < 1.29 is 9.59 Å². The molecule has 1 saturated heterocycles. The maximum Gasteiger partial charge on any atom is 0.246 e. The minimum absolute atomic E-state index is 0.0917. The molecule has 1 aliphatic carbocycles. The first-order valence-electron chi connectivity index (χ1n) is 7.19. The van der Waals surface area contributed by atoms with Crippen LogP contribution in [-0.4, -0.2) is 29.8 Å². The van der Waals surface area contributed by atoms with Gasteiger partial charge in [-0.05, 0) is 31.2 Å². The zero-order valence-corrected chi connectivity index (χ0v) is 11.9. The standard InChI is InChI=1S/C16H20N2O2/c1-10-3-5-11(6-4-10)15(12-7-8-12)17-13-9-14(19)18(2)16(13)20/h3-6,12-13,15,17H,7-9H2,1-2H3. The highest BCUT2D eigenvalue weighted by Gasteiger charge is 2.40. The molecule has 2 atom stereocenters. The fourth-order valence-electron chi connectivity index (χ4n) is 2.81. The summed E-state index contributed by atoms with van der Waals surface area (Å²) in [5, 5.41) is 3.41. The Bertz CT molecular complexity index is 534. The van der Waals surface area contributed by atoms with E-state index < -0.39 is 0 Å². The van der Waals surface area contributed by atoms with E-state index in [4.69, 9.17) is 0 Å². The Balaban J connectivity index is 1.77. The van der Waals surface area contributed by atoms with Gasteiger partial charge >= 0.3 is 0 Å². The molecule has 2 fully saturated rings. The number of nitrogens with zero attached hydrogens (tertiary/aromatic N) is 1. The number of carbonyl (C=O) groups excluding carboxylic acids is 2. The van der Waals surface area contributed by atoms with Gasteiger partial charge in [-0.1, -0.05) is 29.8 Å². The summed E-state index contributed by atoms with van der Waals surface area (Å²) < 4.78 is 0. The van der Waals surface area contributed by atoms with Crippen molar-refractivity contribution in [3.8, 4) is 0 Å². The van der Waals surface area contributed by atoms with Crippen molar-refractivity contribution in [1.82, 2.24) is 10.2 Å². The first-order chi connectivity index (χ1) is 9.56. The normalized spacial score (nSPS) is 24.3. The quantitative estimate of drug-likeness (QED) is 0.850. The summed E-state index contributed by atoms with van der Waals surface area (Å²) in [7, 11) is 1.56. The maximum absolute atomic E-state index is 12.0. The smallest absolute Gasteiger partial charge is 0.246 e. The number of likely N-dealkylation sites (tertiary alicyclic amines) is 1. The second-order valence-corrected chi connectivity index (χ2v) is 5.94. The summed E-state index contributed by atoms with van der Waals surface area (Å²) in [6.07, 6.45) is 2.66. The van der Waals surface area contributed by atoms with Crippen molar-refractivity contribution in [2.75, 3.05) is 7.05 Å². The fraction of sp³-hybridized carbons (Fsp3) is 0.500. The molecule has 1 heterocycles. The van der Waals surface area contributed by atoms with Gasteiger partial charge in [0.25, 0.3) is 0 Å². The Labute approximate surface area is 119 Å². The molecular formula is C16H20N2O2. The number of imide groups is 1. The van der Waals surface area contributed by atoms with Crippen LogP contribution in [0.1, 0.15) is 36.4 Å². The molecule has 0 radical (unpaired) electrons. The number of likely N-dealkylation sites (N-methyl/N-ethyl adjacent to an activating group) is 1. The highest BCUT2D eigenvalue weighted by Crippen LogP contribution is 2.41. The Morgan fingerprint density at radius 1 is 1.20 bits per heavy atom. The Hall–Kier alpha value is -1.68. The second kappa shape index (κ2) is 5.02. The van der Waals surface area contributed by atoms with E-state index >= 15 is 0 Å². The van der Waals surface area contributed by atoms with Gasteiger partial charge in [-0.3, -0.25) is 19.8 Å². The van der Waals surface area contributed by atoms with Crippen LogP contribution in [-0.2, 0) is 9.59 Å². The molecule has 1 saturated carbocycles. The topological polar surface area (TPSA) is 49.4 Å². The molecule has 0 bridgehead atoms. The van der Waals surface area contributed by atoms with Crippen molar-refractivity contribution in [1.29, 1.82) is 0 Å². The van der Waals surface area contributed by atoms with Gasteiger partial charge in [-0.15, -0.1) is 0 Å². The van der Waals surface area contributed by atoms with Gasteiger partial charge in [0.1, 0.15) is 0 Å². The van der Waals surface area contributed by atoms with Gasteiger partial charge in [0, 0.05) is 13.1 Å². The molecule has 0 aromatic heterocycles. The van der Waals surface area contributed by atoms with E-state index in [-0.39, 0.29) is 30.3 Å². The maximum atomic E-state index is 12.0. The molecule has 1 aromatic carbocycles. The third-order valence-corrected chi connectivity index (χ3v) is 4.29. The molecule has 0 spiro atoms. The molecule has 20 heavy (non-hydrogen) atoms. The molecule has 2 amide bonds. The third kappa shape index (κ3) is 2.48. The van der Waals surface area contributed by atoms with Crippen molar-refractivity contribution in [3.05, 3.63) is 35.4 Å². The highest BCUT2D eigenvalue weighted by molar-refractivity contribution is 6.05. The van der Waals surface area contributed by atoms with Crippen LogP contribution >= 0.6 is 0 Å². The molecule has 1 aromatic rings. The second-order valence-electron chi connectivity index (χ2n) is 5.94. The van der Waals surface area contributed by atoms with E-state index in [1.54, 1.807) is 7.05 Å². The largest absolute Gasteiger partial charge is 0.298 e. The lowest BCUT2D eigenvalue weighted by atomic mass is 10.00. The van der Waals surface area contributed by atoms with Gasteiger partial charge in [-0.2, -0.15) is 0 Å². The number of hydrogen-bond donors (Lipinski definition) is 1. The summed E-state index contributed by atoms with van der Waals surface area (Å²) in [6, 6.07) is 8.26. The number of hydrogen-bond acceptors (Lipinski definition) is 3. The van der Waals surface area contributed by atoms with Crippen LogP contribution < -0.4 is 5.32 Å². The molecular weight excluding hydrogens is 252 g/mol. The summed E-state index contributed by atoms with van der Waals surface area (Å²) in [5.41, 5.74) is 2.45. The van der Waals surface area contributed by atoms with Crippen LogP contribution in [0.25, 0.3) is 0 Å². The minimum Gasteiger partial charge on any atom is -0.298 e. The van der Waals surface area contributed by atoms with E-state index in [9.17, 15) is 9.59 Å². The number of nitrogens with one attached hydrogen (secondary N) is 1. The summed E-state index contributed by atoms with van der Waals surface area (Å²) >= 11 is 0. The Morgan fingerprint density at radius 3 is 2.35 bits per heavy atom. The van der Waals surface area contributed by atoms with E-state index in [0.29, 0.717) is 5.92 Å². The fourth-order valence-corrected chi connectivity index (χ4v) is 2.81. The van der Waals surface area contributed by atoms with Gasteiger partial charge < -0.3 is 0 Å². The van der Waals surface area contributed by atoms with Crippen molar-refractivity contribution in [3.63, 3.8) is 0 Å². The lowest BCUT2D eigenvalue weighted by molar-refractivity contribution is -0.137. The number of carbonyl (C=O) groups is 2. The average Bonchev–Trinajstić information content (AvgIpc) is 3.23. The molecule has 1 N–H and O–H groups in total. The molecule has 2 aliphatic rings. The number of rotatable bonds is 4. The van der Waals surface area contributed by atoms with Gasteiger partial charge in [0.05, 0.1) is 12.5 Å². The van der Waals surface area contributed by atoms with Crippen LogP contribution in [0.3, 0.4) is 0 Å². The highest BCUT2D eigenvalue weighted by atomic mass is 16.2. The van der Waals surface area contributed by atoms with Gasteiger partial charge in [-0.25, -0.2) is 0 Å². The van der Waals surface area contributed by atoms with Crippen molar-refractivity contribution >= 4 is 11.8 Å². The number of aryl methyl sites for hydroxylation is 1. The molecule has 2 unspecified atom stereocenters. The lowest BCUT2D eigenvalue weighted by Crippen LogP contribution is -2.40. The summed E-state index contributed by atoms with van der Waals surface area (Å²) in [5.74, 6) is 0.394. The number of amides is 2. The predicted octanol–water partition coefficient (Wildman–Crippen LogP) is 1.79. The molecule has 4 nitrogen and oxygen atoms in total. The van der Waals surface area contributed by atoms with Crippen LogP contribution in [0.2, 0.25) is 0 Å². The van der Waals surface area contributed by atoms with Crippen molar-refractivity contribution in [2.45, 2.75) is 38.3 Å². The van der Waals surface area contributed by atoms with Crippen LogP contribution in [0.4, 0.5) is 0 Å². The predicted molar refractivity (Wildman–Crippen MR) is 76.0 cm³/mol.